The molecule has 0 amide bonds. The van der Waals surface area contributed by atoms with Crippen molar-refractivity contribution in [3.63, 3.8) is 0 Å². The standard InChI is InChI=1S/C22H16ClF/c23-18-6-3-4-15(12-18)13-22-20-7-2-1-5-16(20)8-9-17-14-19(24)10-11-21(17)22/h1-7,10-14H,8-9H2. The summed E-state index contributed by atoms with van der Waals surface area (Å²) < 4.78 is 13.7. The van der Waals surface area contributed by atoms with E-state index in [9.17, 15) is 4.39 Å². The van der Waals surface area contributed by atoms with Crippen molar-refractivity contribution < 1.29 is 4.39 Å². The second-order valence-electron chi connectivity index (χ2n) is 6.07. The zero-order chi connectivity index (χ0) is 16.5. The zero-order valence-electron chi connectivity index (χ0n) is 13.1. The molecule has 0 bridgehead atoms. The van der Waals surface area contributed by atoms with Gasteiger partial charge in [0, 0.05) is 5.02 Å². The highest BCUT2D eigenvalue weighted by molar-refractivity contribution is 6.30. The Bertz CT molecular complexity index is 940. The number of fused-ring (bicyclic) bond motifs is 2. The third-order valence-electron chi connectivity index (χ3n) is 4.49. The topological polar surface area (TPSA) is 0 Å². The molecule has 0 fully saturated rings. The Morgan fingerprint density at radius 3 is 2.46 bits per heavy atom. The second-order valence-corrected chi connectivity index (χ2v) is 6.51. The minimum Gasteiger partial charge on any atom is -0.207 e. The van der Waals surface area contributed by atoms with Gasteiger partial charge in [0.25, 0.3) is 0 Å². The van der Waals surface area contributed by atoms with Crippen molar-refractivity contribution in [2.75, 3.05) is 0 Å². The van der Waals surface area contributed by atoms with Gasteiger partial charge in [-0.2, -0.15) is 0 Å². The summed E-state index contributed by atoms with van der Waals surface area (Å²) >= 11 is 6.14. The van der Waals surface area contributed by atoms with Gasteiger partial charge in [0.1, 0.15) is 5.82 Å². The van der Waals surface area contributed by atoms with E-state index in [1.807, 2.05) is 30.3 Å². The van der Waals surface area contributed by atoms with Crippen LogP contribution >= 0.6 is 11.6 Å². The molecule has 0 saturated carbocycles. The van der Waals surface area contributed by atoms with E-state index in [1.54, 1.807) is 12.1 Å². The molecule has 0 aromatic heterocycles. The Balaban J connectivity index is 1.97. The third-order valence-corrected chi connectivity index (χ3v) is 4.72. The van der Waals surface area contributed by atoms with Gasteiger partial charge in [-0.1, -0.05) is 54.1 Å². The Labute approximate surface area is 146 Å². The van der Waals surface area contributed by atoms with Crippen molar-refractivity contribution in [2.45, 2.75) is 12.8 Å². The fourth-order valence-corrected chi connectivity index (χ4v) is 3.56. The molecule has 0 N–H and O–H groups in total. The van der Waals surface area contributed by atoms with E-state index in [0.717, 1.165) is 35.1 Å². The van der Waals surface area contributed by atoms with Gasteiger partial charge in [-0.25, -0.2) is 4.39 Å². The van der Waals surface area contributed by atoms with Crippen LogP contribution in [-0.2, 0) is 12.8 Å². The lowest BCUT2D eigenvalue weighted by Gasteiger charge is -2.12. The van der Waals surface area contributed by atoms with E-state index < -0.39 is 0 Å². The minimum atomic E-state index is -0.179. The fourth-order valence-electron chi connectivity index (χ4n) is 3.37. The maximum Gasteiger partial charge on any atom is 0.123 e. The Morgan fingerprint density at radius 2 is 1.58 bits per heavy atom. The van der Waals surface area contributed by atoms with Gasteiger partial charge < -0.3 is 0 Å². The van der Waals surface area contributed by atoms with Crippen molar-refractivity contribution in [2.24, 2.45) is 0 Å². The Morgan fingerprint density at radius 1 is 0.792 bits per heavy atom. The molecule has 1 aliphatic rings. The van der Waals surface area contributed by atoms with Crippen LogP contribution in [0, 0.1) is 5.82 Å². The van der Waals surface area contributed by atoms with Crippen LogP contribution in [0.25, 0.3) is 11.6 Å². The zero-order valence-corrected chi connectivity index (χ0v) is 13.9. The molecule has 0 spiro atoms. The summed E-state index contributed by atoms with van der Waals surface area (Å²) in [6.45, 7) is 0. The number of hydrogen-bond donors (Lipinski definition) is 0. The molecule has 0 radical (unpaired) electrons. The smallest absolute Gasteiger partial charge is 0.123 e. The van der Waals surface area contributed by atoms with Crippen molar-refractivity contribution >= 4 is 23.3 Å². The van der Waals surface area contributed by atoms with E-state index in [-0.39, 0.29) is 5.82 Å². The first-order valence-electron chi connectivity index (χ1n) is 8.05. The van der Waals surface area contributed by atoms with Crippen LogP contribution in [0.2, 0.25) is 5.02 Å². The summed E-state index contributed by atoms with van der Waals surface area (Å²) in [5.41, 5.74) is 6.83. The summed E-state index contributed by atoms with van der Waals surface area (Å²) in [6.07, 6.45) is 3.91. The monoisotopic (exact) mass is 334 g/mol. The van der Waals surface area contributed by atoms with Crippen LogP contribution in [0.5, 0.6) is 0 Å². The highest BCUT2D eigenvalue weighted by Gasteiger charge is 2.18. The first-order valence-corrected chi connectivity index (χ1v) is 8.43. The molecule has 0 unspecified atom stereocenters. The fraction of sp³-hybridized carbons (Fsp3) is 0.0909. The second kappa shape index (κ2) is 6.26. The van der Waals surface area contributed by atoms with Crippen LogP contribution in [0.4, 0.5) is 4.39 Å². The quantitative estimate of drug-likeness (QED) is 0.499. The largest absolute Gasteiger partial charge is 0.207 e. The molecule has 118 valence electrons. The summed E-state index contributed by atoms with van der Waals surface area (Å²) in [5, 5.41) is 0.714. The first-order chi connectivity index (χ1) is 11.7. The molecule has 1 aliphatic carbocycles. The average Bonchev–Trinajstić information content (AvgIpc) is 2.73. The van der Waals surface area contributed by atoms with Crippen molar-refractivity contribution in [1.29, 1.82) is 0 Å². The predicted molar refractivity (Wildman–Crippen MR) is 98.7 cm³/mol. The summed E-state index contributed by atoms with van der Waals surface area (Å²) in [5.74, 6) is -0.179. The highest BCUT2D eigenvalue weighted by Crippen LogP contribution is 2.35. The number of hydrogen-bond acceptors (Lipinski definition) is 0. The summed E-state index contributed by atoms with van der Waals surface area (Å²) in [6, 6.07) is 21.3. The molecule has 0 saturated heterocycles. The van der Waals surface area contributed by atoms with Crippen molar-refractivity contribution in [1.82, 2.24) is 0 Å². The molecule has 0 aliphatic heterocycles. The molecule has 4 rings (SSSR count). The number of aryl methyl sites for hydroxylation is 2. The lowest BCUT2D eigenvalue weighted by molar-refractivity contribution is 0.625. The van der Waals surface area contributed by atoms with Gasteiger partial charge in [0.2, 0.25) is 0 Å². The van der Waals surface area contributed by atoms with E-state index >= 15 is 0 Å². The molecule has 3 aromatic carbocycles. The maximum atomic E-state index is 13.7. The number of benzene rings is 3. The number of rotatable bonds is 1. The normalized spacial score (nSPS) is 14.8. The van der Waals surface area contributed by atoms with Crippen LogP contribution in [0.1, 0.15) is 27.8 Å². The Kier molecular flexibility index (Phi) is 3.95. The van der Waals surface area contributed by atoms with Crippen molar-refractivity contribution in [3.8, 4) is 0 Å². The summed E-state index contributed by atoms with van der Waals surface area (Å²) in [7, 11) is 0. The summed E-state index contributed by atoms with van der Waals surface area (Å²) in [4.78, 5) is 0. The van der Waals surface area contributed by atoms with Crippen molar-refractivity contribution in [3.05, 3.63) is 105 Å². The molecule has 2 heteroatoms. The Hall–Kier alpha value is -2.38. The van der Waals surface area contributed by atoms with Crippen LogP contribution < -0.4 is 0 Å². The van der Waals surface area contributed by atoms with Gasteiger partial charge in [-0.15, -0.1) is 0 Å². The van der Waals surface area contributed by atoms with E-state index in [1.165, 1.54) is 11.1 Å². The molecule has 0 heterocycles. The molecule has 0 atom stereocenters. The van der Waals surface area contributed by atoms with E-state index in [4.69, 9.17) is 11.6 Å². The van der Waals surface area contributed by atoms with Gasteiger partial charge in [0.05, 0.1) is 0 Å². The van der Waals surface area contributed by atoms with E-state index in [0.29, 0.717) is 5.02 Å². The molecular weight excluding hydrogens is 319 g/mol. The number of halogens is 2. The van der Waals surface area contributed by atoms with Crippen LogP contribution in [0.15, 0.2) is 66.7 Å². The molecule has 0 nitrogen and oxygen atoms in total. The minimum absolute atomic E-state index is 0.179. The van der Waals surface area contributed by atoms with Gasteiger partial charge in [-0.05, 0) is 76.6 Å². The predicted octanol–water partition coefficient (Wildman–Crippen LogP) is 6.17. The average molecular weight is 335 g/mol. The maximum absolute atomic E-state index is 13.7. The lowest BCUT2D eigenvalue weighted by atomic mass is 9.92. The lowest BCUT2D eigenvalue weighted by Crippen LogP contribution is -1.93. The highest BCUT2D eigenvalue weighted by atomic mass is 35.5. The van der Waals surface area contributed by atoms with E-state index in [2.05, 4.69) is 30.3 Å². The van der Waals surface area contributed by atoms with Crippen LogP contribution in [-0.4, -0.2) is 0 Å². The molecule has 3 aromatic rings. The third kappa shape index (κ3) is 2.88. The first kappa shape index (κ1) is 15.2. The van der Waals surface area contributed by atoms with Gasteiger partial charge >= 0.3 is 0 Å². The molecule has 24 heavy (non-hydrogen) atoms. The molecular formula is C22H16ClF. The van der Waals surface area contributed by atoms with Crippen LogP contribution in [0.3, 0.4) is 0 Å². The van der Waals surface area contributed by atoms with Gasteiger partial charge in [0.15, 0.2) is 0 Å². The SMILES string of the molecule is Fc1ccc2c(c1)CCc1ccccc1C2=Cc1cccc(Cl)c1. The van der Waals surface area contributed by atoms with Gasteiger partial charge in [-0.3, -0.25) is 0 Å².